The maximum absolute atomic E-state index is 6.03. The number of rotatable bonds is 5. The maximum Gasteiger partial charge on any atom is 0.0897 e. The van der Waals surface area contributed by atoms with Crippen LogP contribution in [0.25, 0.3) is 0 Å². The van der Waals surface area contributed by atoms with Crippen LogP contribution in [0.15, 0.2) is 5.38 Å². The van der Waals surface area contributed by atoms with Gasteiger partial charge in [-0.25, -0.2) is 4.98 Å². The van der Waals surface area contributed by atoms with E-state index in [0.29, 0.717) is 0 Å². The zero-order valence-electron chi connectivity index (χ0n) is 11.9. The molecule has 1 saturated carbocycles. The molecular formula is C14H25N3S. The van der Waals surface area contributed by atoms with E-state index in [2.05, 4.69) is 43.1 Å². The molecule has 0 spiro atoms. The Morgan fingerprint density at radius 2 is 2.22 bits per heavy atom. The molecule has 0 unspecified atom stereocenters. The van der Waals surface area contributed by atoms with Crippen molar-refractivity contribution in [1.82, 2.24) is 9.88 Å². The largest absolute Gasteiger partial charge is 0.329 e. The summed E-state index contributed by atoms with van der Waals surface area (Å²) in [5.74, 6) is 1.62. The molecular weight excluding hydrogens is 242 g/mol. The summed E-state index contributed by atoms with van der Waals surface area (Å²) >= 11 is 1.73. The lowest BCUT2D eigenvalue weighted by Gasteiger charge is -2.54. The minimum atomic E-state index is 0.215. The fourth-order valence-corrected chi connectivity index (χ4v) is 3.52. The standard InChI is InChI=1S/C14H25N3S/c1-10(2)12-5-14(6-12,9-15)17(4)7-13-8-18-11(3)16-13/h8,10,12H,5-7,9,15H2,1-4H3. The van der Waals surface area contributed by atoms with Crippen LogP contribution in [0.3, 0.4) is 0 Å². The van der Waals surface area contributed by atoms with Crippen molar-refractivity contribution in [2.24, 2.45) is 17.6 Å². The molecule has 1 fully saturated rings. The van der Waals surface area contributed by atoms with Gasteiger partial charge < -0.3 is 5.73 Å². The highest BCUT2D eigenvalue weighted by Crippen LogP contribution is 2.45. The number of hydrogen-bond donors (Lipinski definition) is 1. The third kappa shape index (κ3) is 2.60. The second kappa shape index (κ2) is 5.27. The highest BCUT2D eigenvalue weighted by Gasteiger charge is 2.46. The minimum Gasteiger partial charge on any atom is -0.329 e. The van der Waals surface area contributed by atoms with E-state index in [1.165, 1.54) is 18.5 Å². The van der Waals surface area contributed by atoms with Crippen molar-refractivity contribution in [3.8, 4) is 0 Å². The van der Waals surface area contributed by atoms with Crippen molar-refractivity contribution >= 4 is 11.3 Å². The molecule has 1 aliphatic carbocycles. The third-order valence-corrected chi connectivity index (χ3v) is 5.30. The van der Waals surface area contributed by atoms with Crippen LogP contribution in [0, 0.1) is 18.8 Å². The van der Waals surface area contributed by atoms with Gasteiger partial charge in [0.25, 0.3) is 0 Å². The van der Waals surface area contributed by atoms with Gasteiger partial charge in [0.2, 0.25) is 0 Å². The minimum absolute atomic E-state index is 0.215. The summed E-state index contributed by atoms with van der Waals surface area (Å²) in [5.41, 5.74) is 7.43. The molecule has 0 amide bonds. The Hall–Kier alpha value is -0.450. The number of nitrogens with two attached hydrogens (primary N) is 1. The van der Waals surface area contributed by atoms with Gasteiger partial charge in [-0.3, -0.25) is 4.90 Å². The molecule has 1 heterocycles. The van der Waals surface area contributed by atoms with Gasteiger partial charge in [-0.05, 0) is 38.6 Å². The van der Waals surface area contributed by atoms with Gasteiger partial charge in [-0.2, -0.15) is 0 Å². The molecule has 18 heavy (non-hydrogen) atoms. The molecule has 3 nitrogen and oxygen atoms in total. The highest BCUT2D eigenvalue weighted by atomic mass is 32.1. The van der Waals surface area contributed by atoms with Crippen molar-refractivity contribution in [3.05, 3.63) is 16.1 Å². The average molecular weight is 267 g/mol. The van der Waals surface area contributed by atoms with E-state index in [-0.39, 0.29) is 5.54 Å². The first-order valence-corrected chi connectivity index (χ1v) is 7.67. The van der Waals surface area contributed by atoms with E-state index < -0.39 is 0 Å². The first kappa shape index (κ1) is 14.0. The maximum atomic E-state index is 6.03. The number of thiazole rings is 1. The van der Waals surface area contributed by atoms with Crippen LogP contribution < -0.4 is 5.73 Å². The average Bonchev–Trinajstić information content (AvgIpc) is 2.62. The Morgan fingerprint density at radius 1 is 1.56 bits per heavy atom. The van der Waals surface area contributed by atoms with Crippen molar-refractivity contribution in [3.63, 3.8) is 0 Å². The van der Waals surface area contributed by atoms with Gasteiger partial charge in [0, 0.05) is 24.0 Å². The van der Waals surface area contributed by atoms with E-state index in [1.807, 2.05) is 0 Å². The predicted octanol–water partition coefficient (Wildman–Crippen LogP) is 2.65. The van der Waals surface area contributed by atoms with Crippen molar-refractivity contribution in [2.75, 3.05) is 13.6 Å². The second-order valence-corrected chi connectivity index (χ2v) is 7.12. The van der Waals surface area contributed by atoms with E-state index in [0.717, 1.165) is 29.9 Å². The molecule has 1 aromatic heterocycles. The van der Waals surface area contributed by atoms with Crippen LogP contribution in [-0.4, -0.2) is 29.0 Å². The quantitative estimate of drug-likeness (QED) is 0.892. The summed E-state index contributed by atoms with van der Waals surface area (Å²) in [6.07, 6.45) is 2.47. The monoisotopic (exact) mass is 267 g/mol. The molecule has 2 rings (SSSR count). The van der Waals surface area contributed by atoms with E-state index in [9.17, 15) is 0 Å². The molecule has 0 aromatic carbocycles. The van der Waals surface area contributed by atoms with Gasteiger partial charge in [-0.15, -0.1) is 11.3 Å². The van der Waals surface area contributed by atoms with Crippen LogP contribution >= 0.6 is 11.3 Å². The zero-order valence-corrected chi connectivity index (χ0v) is 12.8. The molecule has 1 aromatic rings. The fraction of sp³-hybridized carbons (Fsp3) is 0.786. The summed E-state index contributed by atoms with van der Waals surface area (Å²) in [6, 6.07) is 0. The normalized spacial score (nSPS) is 27.8. The van der Waals surface area contributed by atoms with Crippen molar-refractivity contribution in [2.45, 2.75) is 45.7 Å². The number of aryl methyl sites for hydroxylation is 1. The van der Waals surface area contributed by atoms with Crippen LogP contribution in [0.1, 0.15) is 37.4 Å². The van der Waals surface area contributed by atoms with Crippen LogP contribution in [0.2, 0.25) is 0 Å². The molecule has 0 bridgehead atoms. The first-order valence-electron chi connectivity index (χ1n) is 6.79. The first-order chi connectivity index (χ1) is 8.47. The third-order valence-electron chi connectivity index (χ3n) is 4.48. The van der Waals surface area contributed by atoms with E-state index in [1.54, 1.807) is 11.3 Å². The molecule has 1 aliphatic rings. The smallest absolute Gasteiger partial charge is 0.0897 e. The molecule has 0 aliphatic heterocycles. The lowest BCUT2D eigenvalue weighted by atomic mass is 9.63. The molecule has 4 heteroatoms. The fourth-order valence-electron chi connectivity index (χ4n) is 2.91. The Morgan fingerprint density at radius 3 is 2.67 bits per heavy atom. The summed E-state index contributed by atoms with van der Waals surface area (Å²) in [7, 11) is 2.19. The molecule has 0 atom stereocenters. The van der Waals surface area contributed by atoms with E-state index in [4.69, 9.17) is 5.73 Å². The number of hydrogen-bond acceptors (Lipinski definition) is 4. The number of likely N-dealkylation sites (N-methyl/N-ethyl adjacent to an activating group) is 1. The molecule has 102 valence electrons. The lowest BCUT2D eigenvalue weighted by Crippen LogP contribution is -2.60. The van der Waals surface area contributed by atoms with Crippen LogP contribution in [0.5, 0.6) is 0 Å². The van der Waals surface area contributed by atoms with Crippen LogP contribution in [0.4, 0.5) is 0 Å². The summed E-state index contributed by atoms with van der Waals surface area (Å²) < 4.78 is 0. The molecule has 0 saturated heterocycles. The number of nitrogens with zero attached hydrogens (tertiary/aromatic N) is 2. The Labute approximate surface area is 114 Å². The van der Waals surface area contributed by atoms with Gasteiger partial charge in [0.05, 0.1) is 10.7 Å². The number of aromatic nitrogens is 1. The highest BCUT2D eigenvalue weighted by molar-refractivity contribution is 7.09. The SMILES string of the molecule is Cc1nc(CN(C)C2(CN)CC(C(C)C)C2)cs1. The van der Waals surface area contributed by atoms with Gasteiger partial charge in [0.1, 0.15) is 0 Å². The van der Waals surface area contributed by atoms with Crippen molar-refractivity contribution in [1.29, 1.82) is 0 Å². The van der Waals surface area contributed by atoms with E-state index >= 15 is 0 Å². The molecule has 2 N–H and O–H groups in total. The summed E-state index contributed by atoms with van der Waals surface area (Å²) in [5, 5.41) is 3.31. The zero-order chi connectivity index (χ0) is 13.3. The predicted molar refractivity (Wildman–Crippen MR) is 77.7 cm³/mol. The lowest BCUT2D eigenvalue weighted by molar-refractivity contribution is -0.0249. The molecule has 0 radical (unpaired) electrons. The van der Waals surface area contributed by atoms with Gasteiger partial charge in [-0.1, -0.05) is 13.8 Å². The Kier molecular flexibility index (Phi) is 4.09. The topological polar surface area (TPSA) is 42.2 Å². The summed E-state index contributed by atoms with van der Waals surface area (Å²) in [6.45, 7) is 8.37. The van der Waals surface area contributed by atoms with Crippen molar-refractivity contribution < 1.29 is 0 Å². The van der Waals surface area contributed by atoms with Gasteiger partial charge >= 0.3 is 0 Å². The Balaban J connectivity index is 1.97. The Bertz CT molecular complexity index is 393. The van der Waals surface area contributed by atoms with Gasteiger partial charge in [0.15, 0.2) is 0 Å². The van der Waals surface area contributed by atoms with Crippen LogP contribution in [-0.2, 0) is 6.54 Å². The summed E-state index contributed by atoms with van der Waals surface area (Å²) in [4.78, 5) is 6.96. The second-order valence-electron chi connectivity index (χ2n) is 6.05.